The van der Waals surface area contributed by atoms with Crippen LogP contribution in [0, 0.1) is 0 Å². The highest BCUT2D eigenvalue weighted by Crippen LogP contribution is 2.18. The van der Waals surface area contributed by atoms with E-state index < -0.39 is 5.92 Å². The topological polar surface area (TPSA) is 41.1 Å². The maximum Gasteiger partial charge on any atom is 0.240 e. The molecule has 1 aliphatic heterocycles. The fraction of sp³-hybridized carbons (Fsp3) is 0.100. The lowest BCUT2D eigenvalue weighted by Crippen LogP contribution is -2.53. The van der Waals surface area contributed by atoms with Gasteiger partial charge in [-0.05, 0) is 17.8 Å². The number of hydrogen-bond acceptors (Lipinski definition) is 3. The Kier molecular flexibility index (Phi) is 2.75. The Balaban J connectivity index is 2.33. The molecule has 5 heteroatoms. The van der Waals surface area contributed by atoms with Gasteiger partial charge in [0.25, 0.3) is 0 Å². The van der Waals surface area contributed by atoms with E-state index in [0.29, 0.717) is 4.99 Å². The lowest BCUT2D eigenvalue weighted by atomic mass is 9.97. The van der Waals surface area contributed by atoms with E-state index in [0.717, 1.165) is 5.56 Å². The van der Waals surface area contributed by atoms with Gasteiger partial charge in [-0.2, -0.15) is 0 Å². The minimum Gasteiger partial charge on any atom is -0.326 e. The number of carbonyl (C=O) groups excluding carboxylic acids is 1. The average Bonchev–Trinajstić information content (AvgIpc) is 2.17. The van der Waals surface area contributed by atoms with Crippen LogP contribution in [0.3, 0.4) is 0 Å². The molecule has 76 valence electrons. The lowest BCUT2D eigenvalue weighted by Gasteiger charge is -2.24. The highest BCUT2D eigenvalue weighted by atomic mass is 32.1. The van der Waals surface area contributed by atoms with Gasteiger partial charge >= 0.3 is 0 Å². The highest BCUT2D eigenvalue weighted by molar-refractivity contribution is 7.82. The van der Waals surface area contributed by atoms with Crippen molar-refractivity contribution in [3.05, 3.63) is 35.9 Å². The number of carbonyl (C=O) groups is 1. The van der Waals surface area contributed by atoms with Crippen molar-refractivity contribution in [3.63, 3.8) is 0 Å². The van der Waals surface area contributed by atoms with E-state index in [1.807, 2.05) is 30.3 Å². The summed E-state index contributed by atoms with van der Waals surface area (Å²) in [4.78, 5) is 12.1. The second kappa shape index (κ2) is 4.04. The summed E-state index contributed by atoms with van der Waals surface area (Å²) in [5, 5.41) is 5.62. The summed E-state index contributed by atoms with van der Waals surface area (Å²) in [6, 6.07) is 9.38. The van der Waals surface area contributed by atoms with E-state index >= 15 is 0 Å². The third-order valence-corrected chi connectivity index (χ3v) is 2.67. The Morgan fingerprint density at radius 1 is 1.07 bits per heavy atom. The van der Waals surface area contributed by atoms with E-state index in [2.05, 4.69) is 10.6 Å². The Bertz CT molecular complexity index is 410. The van der Waals surface area contributed by atoms with E-state index in [-0.39, 0.29) is 11.0 Å². The van der Waals surface area contributed by atoms with Crippen LogP contribution in [0.2, 0.25) is 0 Å². The molecule has 1 fully saturated rings. The molecular formula is C10H8N2OS2. The zero-order chi connectivity index (χ0) is 10.8. The van der Waals surface area contributed by atoms with Crippen molar-refractivity contribution >= 4 is 40.4 Å². The van der Waals surface area contributed by atoms with Crippen molar-refractivity contribution in [2.75, 3.05) is 0 Å². The molecule has 1 saturated heterocycles. The fourth-order valence-corrected chi connectivity index (χ4v) is 2.09. The lowest BCUT2D eigenvalue weighted by molar-refractivity contribution is -0.119. The highest BCUT2D eigenvalue weighted by Gasteiger charge is 2.30. The Hall–Kier alpha value is -1.33. The molecule has 0 aliphatic carbocycles. The Morgan fingerprint density at radius 2 is 1.73 bits per heavy atom. The molecule has 1 atom stereocenters. The molecule has 3 nitrogen and oxygen atoms in total. The number of rotatable bonds is 1. The van der Waals surface area contributed by atoms with Gasteiger partial charge in [0.2, 0.25) is 5.91 Å². The molecule has 0 spiro atoms. The molecule has 2 N–H and O–H groups in total. The van der Waals surface area contributed by atoms with Crippen LogP contribution in [0.5, 0.6) is 0 Å². The van der Waals surface area contributed by atoms with Gasteiger partial charge in [0, 0.05) is 0 Å². The minimum atomic E-state index is -0.437. The Morgan fingerprint density at radius 3 is 2.33 bits per heavy atom. The molecule has 15 heavy (non-hydrogen) atoms. The van der Waals surface area contributed by atoms with Crippen LogP contribution >= 0.6 is 24.4 Å². The first kappa shape index (κ1) is 10.2. The molecule has 1 unspecified atom stereocenters. The van der Waals surface area contributed by atoms with E-state index in [1.54, 1.807) is 0 Å². The van der Waals surface area contributed by atoms with Gasteiger partial charge in [0.1, 0.15) is 5.92 Å². The zero-order valence-electron chi connectivity index (χ0n) is 7.69. The molecule has 0 radical (unpaired) electrons. The fourth-order valence-electron chi connectivity index (χ4n) is 1.47. The van der Waals surface area contributed by atoms with Gasteiger partial charge in [-0.1, -0.05) is 42.5 Å². The summed E-state index contributed by atoms with van der Waals surface area (Å²) in [5.74, 6) is -0.608. The van der Waals surface area contributed by atoms with Gasteiger partial charge in [-0.25, -0.2) is 0 Å². The third-order valence-electron chi connectivity index (χ3n) is 2.13. The second-order valence-electron chi connectivity index (χ2n) is 3.15. The van der Waals surface area contributed by atoms with Crippen molar-refractivity contribution < 1.29 is 4.79 Å². The summed E-state index contributed by atoms with van der Waals surface area (Å²) in [6.07, 6.45) is 0. The van der Waals surface area contributed by atoms with E-state index in [4.69, 9.17) is 24.4 Å². The van der Waals surface area contributed by atoms with Crippen LogP contribution in [0.25, 0.3) is 0 Å². The smallest absolute Gasteiger partial charge is 0.240 e. The molecule has 1 heterocycles. The van der Waals surface area contributed by atoms with Crippen molar-refractivity contribution in [1.29, 1.82) is 0 Å². The SMILES string of the molecule is O=C1NC(=S)NC(=S)C1c1ccccc1. The van der Waals surface area contributed by atoms with Crippen molar-refractivity contribution in [2.24, 2.45) is 0 Å². The number of amides is 1. The first-order valence-electron chi connectivity index (χ1n) is 4.39. The molecule has 1 amide bonds. The molecule has 1 aromatic carbocycles. The van der Waals surface area contributed by atoms with Crippen molar-refractivity contribution in [3.8, 4) is 0 Å². The molecule has 0 bridgehead atoms. The predicted molar refractivity (Wildman–Crippen MR) is 65.7 cm³/mol. The van der Waals surface area contributed by atoms with Crippen LogP contribution in [-0.2, 0) is 4.79 Å². The minimum absolute atomic E-state index is 0.171. The molecule has 0 aromatic heterocycles. The summed E-state index contributed by atoms with van der Waals surface area (Å²) >= 11 is 9.94. The standard InChI is InChI=1S/C10H8N2OS2/c13-8-7(6-4-2-1-3-5-6)9(14)12-10(15)11-8/h1-5,7H,(H2,11,12,13,14,15). The summed E-state index contributed by atoms with van der Waals surface area (Å²) in [5.41, 5.74) is 0.870. The van der Waals surface area contributed by atoms with Gasteiger partial charge in [-0.15, -0.1) is 0 Å². The number of hydrogen-bond donors (Lipinski definition) is 2. The summed E-state index contributed by atoms with van der Waals surface area (Å²) in [6.45, 7) is 0. The van der Waals surface area contributed by atoms with Crippen LogP contribution in [0.4, 0.5) is 0 Å². The van der Waals surface area contributed by atoms with Gasteiger partial charge in [-0.3, -0.25) is 4.79 Å². The Labute approximate surface area is 97.9 Å². The van der Waals surface area contributed by atoms with E-state index in [1.165, 1.54) is 0 Å². The first-order chi connectivity index (χ1) is 7.18. The normalized spacial score (nSPS) is 20.8. The first-order valence-corrected chi connectivity index (χ1v) is 5.21. The second-order valence-corrected chi connectivity index (χ2v) is 4.00. The number of benzene rings is 1. The predicted octanol–water partition coefficient (Wildman–Crippen LogP) is 1.10. The van der Waals surface area contributed by atoms with Crippen LogP contribution in [0.15, 0.2) is 30.3 Å². The monoisotopic (exact) mass is 236 g/mol. The zero-order valence-corrected chi connectivity index (χ0v) is 9.32. The number of thiocarbonyl (C=S) groups is 2. The third kappa shape index (κ3) is 2.03. The van der Waals surface area contributed by atoms with Crippen molar-refractivity contribution in [2.45, 2.75) is 5.92 Å². The van der Waals surface area contributed by atoms with Gasteiger partial charge < -0.3 is 10.6 Å². The van der Waals surface area contributed by atoms with Crippen LogP contribution in [-0.4, -0.2) is 16.0 Å². The maximum atomic E-state index is 11.7. The van der Waals surface area contributed by atoms with Gasteiger partial charge in [0.05, 0.1) is 4.99 Å². The summed E-state index contributed by atoms with van der Waals surface area (Å²) in [7, 11) is 0. The van der Waals surface area contributed by atoms with Crippen molar-refractivity contribution in [1.82, 2.24) is 10.6 Å². The van der Waals surface area contributed by atoms with E-state index in [9.17, 15) is 4.79 Å². The maximum absolute atomic E-state index is 11.7. The molecule has 0 saturated carbocycles. The molecule has 1 aliphatic rings. The summed E-state index contributed by atoms with van der Waals surface area (Å²) < 4.78 is 0. The number of nitrogens with one attached hydrogen (secondary N) is 2. The van der Waals surface area contributed by atoms with Crippen LogP contribution in [0.1, 0.15) is 11.5 Å². The molecule has 2 rings (SSSR count). The largest absolute Gasteiger partial charge is 0.326 e. The van der Waals surface area contributed by atoms with Crippen LogP contribution < -0.4 is 10.6 Å². The molecule has 1 aromatic rings. The molecular weight excluding hydrogens is 228 g/mol. The average molecular weight is 236 g/mol. The van der Waals surface area contributed by atoms with Gasteiger partial charge in [0.15, 0.2) is 5.11 Å². The quantitative estimate of drug-likeness (QED) is 0.717.